The molecule has 0 bridgehead atoms. The van der Waals surface area contributed by atoms with E-state index in [-0.39, 0.29) is 17.5 Å². The Balaban J connectivity index is 2.71. The molecule has 0 aliphatic rings. The molecule has 0 aliphatic carbocycles. The summed E-state index contributed by atoms with van der Waals surface area (Å²) in [5.41, 5.74) is 0.431. The number of ether oxygens (including phenoxy) is 1. The Morgan fingerprint density at radius 2 is 2.47 bits per heavy atom. The predicted octanol–water partition coefficient (Wildman–Crippen LogP) is 2.45. The van der Waals surface area contributed by atoms with E-state index in [4.69, 9.17) is 11.6 Å². The highest BCUT2D eigenvalue weighted by molar-refractivity contribution is 6.30. The third-order valence-corrected chi connectivity index (χ3v) is 1.96. The number of pyridine rings is 1. The highest BCUT2D eigenvalue weighted by Crippen LogP contribution is 2.15. The molecule has 0 saturated carbocycles. The van der Waals surface area contributed by atoms with Gasteiger partial charge in [0.15, 0.2) is 0 Å². The second kappa shape index (κ2) is 5.46. The van der Waals surface area contributed by atoms with Crippen molar-refractivity contribution in [2.45, 2.75) is 6.42 Å². The molecule has 1 heterocycles. The monoisotopic (exact) mass is 229 g/mol. The molecule has 3 nitrogen and oxygen atoms in total. The number of halogens is 2. The minimum Gasteiger partial charge on any atom is -0.469 e. The smallest absolute Gasteiger partial charge is 0.309 e. The second-order valence-electron chi connectivity index (χ2n) is 2.72. The van der Waals surface area contributed by atoms with Crippen molar-refractivity contribution in [2.75, 3.05) is 7.11 Å². The van der Waals surface area contributed by atoms with Crippen LogP contribution < -0.4 is 0 Å². The standard InChI is InChI=1S/C10H9ClFNO2/c1-15-9(14)4-2-3-7-5-8(12)6-13-10(7)11/h2-3,5-6H,4H2,1H3. The number of esters is 1. The van der Waals surface area contributed by atoms with Crippen molar-refractivity contribution < 1.29 is 13.9 Å². The van der Waals surface area contributed by atoms with E-state index in [1.54, 1.807) is 0 Å². The average Bonchev–Trinajstić information content (AvgIpc) is 2.23. The maximum atomic E-state index is 12.8. The molecule has 0 atom stereocenters. The first kappa shape index (κ1) is 11.7. The maximum Gasteiger partial charge on any atom is 0.309 e. The van der Waals surface area contributed by atoms with E-state index in [2.05, 4.69) is 9.72 Å². The summed E-state index contributed by atoms with van der Waals surface area (Å²) < 4.78 is 17.2. The number of hydrogen-bond acceptors (Lipinski definition) is 3. The zero-order valence-corrected chi connectivity index (χ0v) is 8.79. The minimum absolute atomic E-state index is 0.114. The molecule has 0 radical (unpaired) electrons. The van der Waals surface area contributed by atoms with E-state index in [0.29, 0.717) is 5.56 Å². The summed E-state index contributed by atoms with van der Waals surface area (Å²) in [4.78, 5) is 14.4. The lowest BCUT2D eigenvalue weighted by Crippen LogP contribution is -1.96. The fraction of sp³-hybridized carbons (Fsp3) is 0.200. The van der Waals surface area contributed by atoms with Crippen LogP contribution in [0.1, 0.15) is 12.0 Å². The Morgan fingerprint density at radius 1 is 1.73 bits per heavy atom. The third-order valence-electron chi connectivity index (χ3n) is 1.64. The lowest BCUT2D eigenvalue weighted by atomic mass is 10.2. The van der Waals surface area contributed by atoms with Crippen LogP contribution in [-0.2, 0) is 9.53 Å². The molecule has 1 rings (SSSR count). The van der Waals surface area contributed by atoms with E-state index in [9.17, 15) is 9.18 Å². The predicted molar refractivity (Wildman–Crippen MR) is 54.9 cm³/mol. The molecule has 0 spiro atoms. The first-order valence-electron chi connectivity index (χ1n) is 4.18. The van der Waals surface area contributed by atoms with Gasteiger partial charge in [-0.25, -0.2) is 9.37 Å². The second-order valence-corrected chi connectivity index (χ2v) is 3.07. The normalized spacial score (nSPS) is 10.6. The lowest BCUT2D eigenvalue weighted by molar-refractivity contribution is -0.139. The molecule has 5 heteroatoms. The zero-order valence-electron chi connectivity index (χ0n) is 8.04. The highest BCUT2D eigenvalue weighted by Gasteiger charge is 2.00. The summed E-state index contributed by atoms with van der Waals surface area (Å²) >= 11 is 5.70. The Bertz CT molecular complexity index is 393. The van der Waals surface area contributed by atoms with Crippen LogP contribution in [0.3, 0.4) is 0 Å². The molecule has 0 unspecified atom stereocenters. The van der Waals surface area contributed by atoms with Crippen molar-refractivity contribution in [1.29, 1.82) is 0 Å². The van der Waals surface area contributed by atoms with E-state index in [1.807, 2.05) is 0 Å². The summed E-state index contributed by atoms with van der Waals surface area (Å²) in [6, 6.07) is 1.24. The van der Waals surface area contributed by atoms with Gasteiger partial charge in [0.1, 0.15) is 11.0 Å². The Morgan fingerprint density at radius 3 is 3.13 bits per heavy atom. The van der Waals surface area contributed by atoms with Gasteiger partial charge in [-0.3, -0.25) is 4.79 Å². The first-order chi connectivity index (χ1) is 7.13. The topological polar surface area (TPSA) is 39.2 Å². The van der Waals surface area contributed by atoms with Crippen LogP contribution >= 0.6 is 11.6 Å². The molecule has 15 heavy (non-hydrogen) atoms. The number of methoxy groups -OCH3 is 1. The molecule has 0 saturated heterocycles. The van der Waals surface area contributed by atoms with Crippen LogP contribution in [0.25, 0.3) is 6.08 Å². The molecule has 0 fully saturated rings. The Labute approximate surface area is 91.5 Å². The van der Waals surface area contributed by atoms with Crippen LogP contribution in [0.15, 0.2) is 18.3 Å². The Hall–Kier alpha value is -1.42. The molecule has 0 amide bonds. The van der Waals surface area contributed by atoms with E-state index in [1.165, 1.54) is 25.3 Å². The van der Waals surface area contributed by atoms with Gasteiger partial charge < -0.3 is 4.74 Å². The number of aromatic nitrogens is 1. The summed E-state index contributed by atoms with van der Waals surface area (Å²) in [7, 11) is 1.30. The van der Waals surface area contributed by atoms with Crippen LogP contribution in [-0.4, -0.2) is 18.1 Å². The molecule has 1 aromatic heterocycles. The fourth-order valence-corrected chi connectivity index (χ4v) is 1.09. The lowest BCUT2D eigenvalue weighted by Gasteiger charge is -1.97. The largest absolute Gasteiger partial charge is 0.469 e. The molecular weight excluding hydrogens is 221 g/mol. The van der Waals surface area contributed by atoms with Crippen molar-refractivity contribution in [3.63, 3.8) is 0 Å². The maximum absolute atomic E-state index is 12.8. The molecule has 80 valence electrons. The van der Waals surface area contributed by atoms with Gasteiger partial charge >= 0.3 is 5.97 Å². The quantitative estimate of drug-likeness (QED) is 0.590. The summed E-state index contributed by atoms with van der Waals surface area (Å²) in [6.45, 7) is 0. The number of carbonyl (C=O) groups is 1. The highest BCUT2D eigenvalue weighted by atomic mass is 35.5. The van der Waals surface area contributed by atoms with Gasteiger partial charge in [-0.2, -0.15) is 0 Å². The summed E-state index contributed by atoms with van der Waals surface area (Å²) in [5, 5.41) is 0.192. The average molecular weight is 230 g/mol. The van der Waals surface area contributed by atoms with E-state index >= 15 is 0 Å². The zero-order chi connectivity index (χ0) is 11.3. The van der Waals surface area contributed by atoms with Gasteiger partial charge in [-0.15, -0.1) is 0 Å². The van der Waals surface area contributed by atoms with Crippen molar-refractivity contribution in [2.24, 2.45) is 0 Å². The minimum atomic E-state index is -0.475. The number of rotatable bonds is 3. The van der Waals surface area contributed by atoms with Gasteiger partial charge in [-0.05, 0) is 6.07 Å². The van der Waals surface area contributed by atoms with Gasteiger partial charge in [0.05, 0.1) is 19.7 Å². The van der Waals surface area contributed by atoms with Gasteiger partial charge in [0.2, 0.25) is 0 Å². The first-order valence-corrected chi connectivity index (χ1v) is 4.55. The van der Waals surface area contributed by atoms with Gasteiger partial charge in [0.25, 0.3) is 0 Å². The Kier molecular flexibility index (Phi) is 4.24. The van der Waals surface area contributed by atoms with Crippen LogP contribution in [0.4, 0.5) is 4.39 Å². The van der Waals surface area contributed by atoms with Gasteiger partial charge in [0, 0.05) is 5.56 Å². The molecular formula is C10H9ClFNO2. The summed E-state index contributed by atoms with van der Waals surface area (Å²) in [6.07, 6.45) is 4.20. The van der Waals surface area contributed by atoms with Gasteiger partial charge in [-0.1, -0.05) is 23.8 Å². The van der Waals surface area contributed by atoms with Crippen LogP contribution in [0.5, 0.6) is 0 Å². The summed E-state index contributed by atoms with van der Waals surface area (Å²) in [5.74, 6) is -0.844. The number of hydrogen-bond donors (Lipinski definition) is 0. The molecule has 0 aromatic carbocycles. The van der Waals surface area contributed by atoms with E-state index < -0.39 is 5.82 Å². The van der Waals surface area contributed by atoms with Crippen molar-refractivity contribution in [3.8, 4) is 0 Å². The molecule has 0 N–H and O–H groups in total. The van der Waals surface area contributed by atoms with Crippen LogP contribution in [0, 0.1) is 5.82 Å². The van der Waals surface area contributed by atoms with E-state index in [0.717, 1.165) is 6.20 Å². The van der Waals surface area contributed by atoms with Crippen molar-refractivity contribution in [1.82, 2.24) is 4.98 Å². The fourth-order valence-electron chi connectivity index (χ4n) is 0.921. The van der Waals surface area contributed by atoms with Crippen molar-refractivity contribution >= 4 is 23.6 Å². The number of nitrogens with zero attached hydrogens (tertiary/aromatic N) is 1. The van der Waals surface area contributed by atoms with Crippen molar-refractivity contribution in [3.05, 3.63) is 34.9 Å². The third kappa shape index (κ3) is 3.67. The molecule has 1 aromatic rings. The van der Waals surface area contributed by atoms with Crippen LogP contribution in [0.2, 0.25) is 5.15 Å². The SMILES string of the molecule is COC(=O)CC=Cc1cc(F)cnc1Cl. The number of carbonyl (C=O) groups excluding carboxylic acids is 1. The molecule has 0 aliphatic heterocycles.